The number of nitrogens with one attached hydrogen (secondary N) is 2. The standard InChI is InChI=1S/C18H18N4O2/c1-2-17(23)19-12-13-20-18(24)14-8-10-16(11-9-14)22-21-15-6-4-3-5-7-15/h2-11H,1,12-13H2,(H,19,23)(H,20,24). The average molecular weight is 322 g/mol. The van der Waals surface area contributed by atoms with Gasteiger partial charge in [0.05, 0.1) is 11.4 Å². The maximum absolute atomic E-state index is 12.0. The average Bonchev–Trinajstić information content (AvgIpc) is 2.64. The first-order valence-corrected chi connectivity index (χ1v) is 7.44. The Morgan fingerprint density at radius 2 is 1.46 bits per heavy atom. The monoisotopic (exact) mass is 322 g/mol. The minimum Gasteiger partial charge on any atom is -0.351 e. The highest BCUT2D eigenvalue weighted by Crippen LogP contribution is 2.18. The molecule has 2 N–H and O–H groups in total. The van der Waals surface area contributed by atoms with Crippen molar-refractivity contribution in [3.63, 3.8) is 0 Å². The molecule has 0 aliphatic heterocycles. The van der Waals surface area contributed by atoms with Crippen LogP contribution in [0.5, 0.6) is 0 Å². The first-order valence-electron chi connectivity index (χ1n) is 7.44. The molecule has 0 aromatic heterocycles. The predicted molar refractivity (Wildman–Crippen MR) is 92.6 cm³/mol. The lowest BCUT2D eigenvalue weighted by atomic mass is 10.2. The summed E-state index contributed by atoms with van der Waals surface area (Å²) in [6.45, 7) is 4.04. The number of nitrogens with zero attached hydrogens (tertiary/aromatic N) is 2. The maximum Gasteiger partial charge on any atom is 0.251 e. The molecule has 2 aromatic carbocycles. The number of amides is 2. The van der Waals surface area contributed by atoms with Crippen molar-refractivity contribution in [2.24, 2.45) is 10.2 Å². The van der Waals surface area contributed by atoms with Crippen LogP contribution in [0.2, 0.25) is 0 Å². The highest BCUT2D eigenvalue weighted by molar-refractivity contribution is 5.94. The fourth-order valence-corrected chi connectivity index (χ4v) is 1.83. The Labute approximate surface area is 140 Å². The van der Waals surface area contributed by atoms with Crippen molar-refractivity contribution in [1.29, 1.82) is 0 Å². The van der Waals surface area contributed by atoms with Gasteiger partial charge in [-0.1, -0.05) is 24.8 Å². The second-order valence-electron chi connectivity index (χ2n) is 4.83. The summed E-state index contributed by atoms with van der Waals surface area (Å²) in [5.41, 5.74) is 1.94. The van der Waals surface area contributed by atoms with Gasteiger partial charge in [-0.15, -0.1) is 0 Å². The molecule has 0 aliphatic rings. The molecule has 122 valence electrons. The van der Waals surface area contributed by atoms with Gasteiger partial charge >= 0.3 is 0 Å². The Balaban J connectivity index is 1.85. The minimum absolute atomic E-state index is 0.214. The first kappa shape index (κ1) is 17.1. The maximum atomic E-state index is 12.0. The van der Waals surface area contributed by atoms with Crippen LogP contribution in [0.1, 0.15) is 10.4 Å². The van der Waals surface area contributed by atoms with E-state index in [1.807, 2.05) is 30.3 Å². The summed E-state index contributed by atoms with van der Waals surface area (Å²) in [5.74, 6) is -0.480. The molecule has 0 aliphatic carbocycles. The zero-order chi connectivity index (χ0) is 17.2. The van der Waals surface area contributed by atoms with Gasteiger partial charge in [-0.25, -0.2) is 0 Å². The summed E-state index contributed by atoms with van der Waals surface area (Å²) in [6, 6.07) is 16.2. The second kappa shape index (κ2) is 8.99. The Morgan fingerprint density at radius 3 is 2.08 bits per heavy atom. The van der Waals surface area contributed by atoms with Crippen molar-refractivity contribution in [1.82, 2.24) is 10.6 Å². The molecule has 0 atom stereocenters. The quantitative estimate of drug-likeness (QED) is 0.466. The van der Waals surface area contributed by atoms with Gasteiger partial charge < -0.3 is 10.6 Å². The second-order valence-corrected chi connectivity index (χ2v) is 4.83. The van der Waals surface area contributed by atoms with Crippen molar-refractivity contribution in [3.8, 4) is 0 Å². The van der Waals surface area contributed by atoms with Gasteiger partial charge in [0.15, 0.2) is 0 Å². The van der Waals surface area contributed by atoms with Gasteiger partial charge in [0.1, 0.15) is 0 Å². The SMILES string of the molecule is C=CC(=O)NCCNC(=O)c1ccc(N=Nc2ccccc2)cc1. The molecule has 0 saturated heterocycles. The lowest BCUT2D eigenvalue weighted by Crippen LogP contribution is -2.33. The third-order valence-electron chi connectivity index (χ3n) is 3.06. The molecule has 2 amide bonds. The summed E-state index contributed by atoms with van der Waals surface area (Å²) >= 11 is 0. The molecule has 6 nitrogen and oxygen atoms in total. The van der Waals surface area contributed by atoms with Crippen molar-refractivity contribution < 1.29 is 9.59 Å². The van der Waals surface area contributed by atoms with Crippen molar-refractivity contribution in [2.75, 3.05) is 13.1 Å². The van der Waals surface area contributed by atoms with Crippen molar-refractivity contribution in [3.05, 3.63) is 72.8 Å². The van der Waals surface area contributed by atoms with Gasteiger partial charge in [-0.05, 0) is 42.5 Å². The fraction of sp³-hybridized carbons (Fsp3) is 0.111. The fourth-order valence-electron chi connectivity index (χ4n) is 1.83. The van der Waals surface area contributed by atoms with Crippen LogP contribution in [0.4, 0.5) is 11.4 Å². The van der Waals surface area contributed by atoms with Crippen LogP contribution in [-0.4, -0.2) is 24.9 Å². The number of hydrogen-bond donors (Lipinski definition) is 2. The number of azo groups is 1. The van der Waals surface area contributed by atoms with Crippen LogP contribution < -0.4 is 10.6 Å². The summed E-state index contributed by atoms with van der Waals surface area (Å²) in [6.07, 6.45) is 1.19. The zero-order valence-corrected chi connectivity index (χ0v) is 13.1. The Kier molecular flexibility index (Phi) is 6.40. The van der Waals surface area contributed by atoms with Gasteiger partial charge in [0, 0.05) is 18.7 Å². The molecule has 0 fully saturated rings. The van der Waals surface area contributed by atoms with Crippen LogP contribution in [0.3, 0.4) is 0 Å². The van der Waals surface area contributed by atoms with E-state index >= 15 is 0 Å². The number of hydrogen-bond acceptors (Lipinski definition) is 4. The Hall–Kier alpha value is -3.28. The molecule has 2 aromatic rings. The van der Waals surface area contributed by atoms with E-state index in [4.69, 9.17) is 0 Å². The molecular formula is C18H18N4O2. The molecule has 24 heavy (non-hydrogen) atoms. The number of carbonyl (C=O) groups is 2. The molecule has 0 heterocycles. The van der Waals surface area contributed by atoms with E-state index < -0.39 is 0 Å². The molecule has 0 unspecified atom stereocenters. The zero-order valence-electron chi connectivity index (χ0n) is 13.1. The van der Waals surface area contributed by atoms with Gasteiger partial charge in [-0.3, -0.25) is 9.59 Å². The van der Waals surface area contributed by atoms with E-state index in [0.29, 0.717) is 24.3 Å². The van der Waals surface area contributed by atoms with E-state index in [9.17, 15) is 9.59 Å². The third-order valence-corrected chi connectivity index (χ3v) is 3.06. The smallest absolute Gasteiger partial charge is 0.251 e. The topological polar surface area (TPSA) is 82.9 Å². The number of rotatable bonds is 7. The van der Waals surface area contributed by atoms with Crippen LogP contribution in [-0.2, 0) is 4.79 Å². The predicted octanol–water partition coefficient (Wildman–Crippen LogP) is 3.13. The molecule has 2 rings (SSSR count). The lowest BCUT2D eigenvalue weighted by molar-refractivity contribution is -0.116. The normalized spacial score (nSPS) is 10.3. The first-order chi connectivity index (χ1) is 11.7. The highest BCUT2D eigenvalue weighted by Gasteiger charge is 2.04. The van der Waals surface area contributed by atoms with E-state index in [1.54, 1.807) is 24.3 Å². The summed E-state index contributed by atoms with van der Waals surface area (Å²) < 4.78 is 0. The van der Waals surface area contributed by atoms with Gasteiger partial charge in [0.25, 0.3) is 5.91 Å². The van der Waals surface area contributed by atoms with E-state index in [2.05, 4.69) is 27.4 Å². The van der Waals surface area contributed by atoms with E-state index in [1.165, 1.54) is 6.08 Å². The molecule has 0 radical (unpaired) electrons. The number of carbonyl (C=O) groups excluding carboxylic acids is 2. The Morgan fingerprint density at radius 1 is 0.875 bits per heavy atom. The summed E-state index contributed by atoms with van der Waals surface area (Å²) in [4.78, 5) is 22.9. The van der Waals surface area contributed by atoms with Crippen LogP contribution in [0.25, 0.3) is 0 Å². The highest BCUT2D eigenvalue weighted by atomic mass is 16.2. The molecule has 0 bridgehead atoms. The van der Waals surface area contributed by atoms with Crippen LogP contribution >= 0.6 is 0 Å². The molecule has 0 spiro atoms. The van der Waals surface area contributed by atoms with E-state index in [0.717, 1.165) is 5.69 Å². The molecule has 0 saturated carbocycles. The summed E-state index contributed by atoms with van der Waals surface area (Å²) in [5, 5.41) is 13.5. The van der Waals surface area contributed by atoms with Gasteiger partial charge in [0.2, 0.25) is 5.91 Å². The lowest BCUT2D eigenvalue weighted by Gasteiger charge is -2.05. The minimum atomic E-state index is -0.266. The third kappa shape index (κ3) is 5.49. The van der Waals surface area contributed by atoms with Crippen LogP contribution in [0, 0.1) is 0 Å². The van der Waals surface area contributed by atoms with Gasteiger partial charge in [-0.2, -0.15) is 10.2 Å². The largest absolute Gasteiger partial charge is 0.351 e. The van der Waals surface area contributed by atoms with Crippen molar-refractivity contribution in [2.45, 2.75) is 0 Å². The van der Waals surface area contributed by atoms with E-state index in [-0.39, 0.29) is 11.8 Å². The summed E-state index contributed by atoms with van der Waals surface area (Å²) in [7, 11) is 0. The van der Waals surface area contributed by atoms with Crippen LogP contribution in [0.15, 0.2) is 77.5 Å². The molecule has 6 heteroatoms. The number of benzene rings is 2. The Bertz CT molecular complexity index is 724. The van der Waals surface area contributed by atoms with Crippen molar-refractivity contribution >= 4 is 23.2 Å². The molecular weight excluding hydrogens is 304 g/mol.